The summed E-state index contributed by atoms with van der Waals surface area (Å²) in [5, 5.41) is 0. The predicted octanol–water partition coefficient (Wildman–Crippen LogP) is 3.80. The fraction of sp³-hybridized carbons (Fsp3) is 0.538. The van der Waals surface area contributed by atoms with Crippen molar-refractivity contribution in [2.45, 2.75) is 38.8 Å². The van der Waals surface area contributed by atoms with Crippen LogP contribution in [0.15, 0.2) is 18.2 Å². The minimum atomic E-state index is -0.0711. The first-order valence-electron chi connectivity index (χ1n) is 5.85. The van der Waals surface area contributed by atoms with Crippen LogP contribution in [0.4, 0.5) is 4.39 Å². The highest BCUT2D eigenvalue weighted by molar-refractivity contribution is 14.1. The van der Waals surface area contributed by atoms with Gasteiger partial charge in [-0.15, -0.1) is 0 Å². The van der Waals surface area contributed by atoms with E-state index in [-0.39, 0.29) is 5.82 Å². The largest absolute Gasteiger partial charge is 0.296 e. The first-order valence-corrected chi connectivity index (χ1v) is 6.92. The first kappa shape index (κ1) is 12.3. The molecule has 0 spiro atoms. The summed E-state index contributed by atoms with van der Waals surface area (Å²) >= 11 is 2.24. The Labute approximate surface area is 110 Å². The van der Waals surface area contributed by atoms with Crippen molar-refractivity contribution in [1.82, 2.24) is 4.90 Å². The molecule has 88 valence electrons. The van der Waals surface area contributed by atoms with Crippen LogP contribution in [0.25, 0.3) is 0 Å². The van der Waals surface area contributed by atoms with E-state index in [1.54, 1.807) is 6.07 Å². The molecule has 1 atom stereocenters. The molecule has 0 aromatic heterocycles. The molecule has 0 N–H and O–H groups in total. The lowest BCUT2D eigenvalue weighted by Gasteiger charge is -2.33. The third-order valence-corrected chi connectivity index (χ3v) is 3.99. The van der Waals surface area contributed by atoms with Gasteiger partial charge in [-0.3, -0.25) is 4.90 Å². The van der Waals surface area contributed by atoms with Crippen LogP contribution in [0.5, 0.6) is 0 Å². The molecular weight excluding hydrogens is 316 g/mol. The predicted molar refractivity (Wildman–Crippen MR) is 72.8 cm³/mol. The summed E-state index contributed by atoms with van der Waals surface area (Å²) in [4.78, 5) is 2.39. The van der Waals surface area contributed by atoms with Crippen molar-refractivity contribution < 1.29 is 4.39 Å². The molecule has 1 nitrogen and oxygen atoms in total. The molecule has 0 radical (unpaired) electrons. The maximum absolute atomic E-state index is 13.6. The summed E-state index contributed by atoms with van der Waals surface area (Å²) < 4.78 is 14.7. The molecule has 1 saturated heterocycles. The Hall–Kier alpha value is -0.160. The lowest BCUT2D eigenvalue weighted by Crippen LogP contribution is -2.36. The zero-order chi connectivity index (χ0) is 11.5. The number of piperidine rings is 1. The second-order valence-electron chi connectivity index (χ2n) is 4.55. The van der Waals surface area contributed by atoms with Gasteiger partial charge in [0.1, 0.15) is 5.82 Å². The van der Waals surface area contributed by atoms with Crippen molar-refractivity contribution in [3.8, 4) is 0 Å². The number of likely N-dealkylation sites (tertiary alicyclic amines) is 1. The fourth-order valence-electron chi connectivity index (χ4n) is 2.28. The van der Waals surface area contributed by atoms with Gasteiger partial charge in [0, 0.05) is 21.7 Å². The number of nitrogens with zero attached hydrogens (tertiary/aromatic N) is 1. The Balaban J connectivity index is 2.10. The van der Waals surface area contributed by atoms with Crippen molar-refractivity contribution in [3.63, 3.8) is 0 Å². The molecule has 1 aromatic carbocycles. The second kappa shape index (κ2) is 5.45. The normalized spacial score (nSPS) is 22.3. The van der Waals surface area contributed by atoms with Gasteiger partial charge in [0.25, 0.3) is 0 Å². The smallest absolute Gasteiger partial charge is 0.127 e. The Kier molecular flexibility index (Phi) is 4.19. The molecule has 1 aliphatic rings. The van der Waals surface area contributed by atoms with Crippen LogP contribution < -0.4 is 0 Å². The van der Waals surface area contributed by atoms with Crippen LogP contribution in [-0.2, 0) is 6.54 Å². The minimum absolute atomic E-state index is 0.0711. The number of halogens is 2. The summed E-state index contributed by atoms with van der Waals surface area (Å²) in [5.41, 5.74) is 0.834. The van der Waals surface area contributed by atoms with E-state index < -0.39 is 0 Å². The number of rotatable bonds is 2. The van der Waals surface area contributed by atoms with Crippen molar-refractivity contribution in [1.29, 1.82) is 0 Å². The lowest BCUT2D eigenvalue weighted by atomic mass is 10.0. The molecule has 1 heterocycles. The van der Waals surface area contributed by atoms with Gasteiger partial charge >= 0.3 is 0 Å². The zero-order valence-corrected chi connectivity index (χ0v) is 11.7. The molecule has 0 aliphatic carbocycles. The van der Waals surface area contributed by atoms with Gasteiger partial charge in [-0.05, 0) is 67.1 Å². The van der Waals surface area contributed by atoms with Crippen LogP contribution in [0.3, 0.4) is 0 Å². The average molecular weight is 333 g/mol. The second-order valence-corrected chi connectivity index (χ2v) is 5.80. The standard InChI is InChI=1S/C13H17FIN/c1-10-4-2-3-7-16(10)9-11-8-12(15)5-6-13(11)14/h5-6,8,10H,2-4,7,9H2,1H3. The molecule has 0 bridgehead atoms. The molecule has 1 unspecified atom stereocenters. The SMILES string of the molecule is CC1CCCCN1Cc1cc(I)ccc1F. The van der Waals surface area contributed by atoms with Crippen molar-refractivity contribution in [2.24, 2.45) is 0 Å². The van der Waals surface area contributed by atoms with Gasteiger partial charge in [0.05, 0.1) is 0 Å². The molecule has 16 heavy (non-hydrogen) atoms. The van der Waals surface area contributed by atoms with Crippen LogP contribution in [0.2, 0.25) is 0 Å². The molecular formula is C13H17FIN. The monoisotopic (exact) mass is 333 g/mol. The number of hydrogen-bond donors (Lipinski definition) is 0. The fourth-order valence-corrected chi connectivity index (χ4v) is 2.83. The molecule has 0 amide bonds. The van der Waals surface area contributed by atoms with Gasteiger partial charge in [-0.25, -0.2) is 4.39 Å². The molecule has 2 rings (SSSR count). The Morgan fingerprint density at radius 3 is 3.00 bits per heavy atom. The number of hydrogen-bond acceptors (Lipinski definition) is 1. The third-order valence-electron chi connectivity index (χ3n) is 3.32. The molecule has 3 heteroatoms. The summed E-state index contributed by atoms with van der Waals surface area (Å²) in [6.45, 7) is 4.10. The van der Waals surface area contributed by atoms with Crippen LogP contribution in [-0.4, -0.2) is 17.5 Å². The molecule has 1 aliphatic heterocycles. The van der Waals surface area contributed by atoms with Gasteiger partial charge in [0.15, 0.2) is 0 Å². The lowest BCUT2D eigenvalue weighted by molar-refractivity contribution is 0.151. The van der Waals surface area contributed by atoms with Crippen molar-refractivity contribution in [2.75, 3.05) is 6.54 Å². The van der Waals surface area contributed by atoms with E-state index in [1.807, 2.05) is 12.1 Å². The van der Waals surface area contributed by atoms with Crippen LogP contribution in [0, 0.1) is 9.39 Å². The van der Waals surface area contributed by atoms with Crippen molar-refractivity contribution >= 4 is 22.6 Å². The summed E-state index contributed by atoms with van der Waals surface area (Å²) in [6.07, 6.45) is 3.80. The third kappa shape index (κ3) is 2.94. The Morgan fingerprint density at radius 2 is 2.25 bits per heavy atom. The summed E-state index contributed by atoms with van der Waals surface area (Å²) in [5.74, 6) is -0.0711. The minimum Gasteiger partial charge on any atom is -0.296 e. The molecule has 1 fully saturated rings. The summed E-state index contributed by atoms with van der Waals surface area (Å²) in [7, 11) is 0. The average Bonchev–Trinajstić information content (AvgIpc) is 2.27. The van der Waals surface area contributed by atoms with Crippen LogP contribution in [0.1, 0.15) is 31.7 Å². The summed E-state index contributed by atoms with van der Waals surface area (Å²) in [6, 6.07) is 5.94. The van der Waals surface area contributed by atoms with E-state index in [0.717, 1.165) is 22.2 Å². The van der Waals surface area contributed by atoms with E-state index in [0.29, 0.717) is 6.04 Å². The maximum Gasteiger partial charge on any atom is 0.127 e. The Bertz CT molecular complexity index is 367. The highest BCUT2D eigenvalue weighted by Gasteiger charge is 2.19. The van der Waals surface area contributed by atoms with E-state index >= 15 is 0 Å². The highest BCUT2D eigenvalue weighted by atomic mass is 127. The quantitative estimate of drug-likeness (QED) is 0.744. The van der Waals surface area contributed by atoms with E-state index in [1.165, 1.54) is 19.3 Å². The van der Waals surface area contributed by atoms with E-state index in [9.17, 15) is 4.39 Å². The number of benzene rings is 1. The van der Waals surface area contributed by atoms with Gasteiger partial charge in [0.2, 0.25) is 0 Å². The topological polar surface area (TPSA) is 3.24 Å². The van der Waals surface area contributed by atoms with Gasteiger partial charge in [-0.2, -0.15) is 0 Å². The first-order chi connectivity index (χ1) is 7.66. The molecule has 0 saturated carbocycles. The van der Waals surface area contributed by atoms with Crippen molar-refractivity contribution in [3.05, 3.63) is 33.1 Å². The zero-order valence-electron chi connectivity index (χ0n) is 9.55. The maximum atomic E-state index is 13.6. The molecule has 1 aromatic rings. The Morgan fingerprint density at radius 1 is 1.44 bits per heavy atom. The van der Waals surface area contributed by atoms with Gasteiger partial charge < -0.3 is 0 Å². The van der Waals surface area contributed by atoms with E-state index in [4.69, 9.17) is 0 Å². The highest BCUT2D eigenvalue weighted by Crippen LogP contribution is 2.21. The van der Waals surface area contributed by atoms with E-state index in [2.05, 4.69) is 34.4 Å². The van der Waals surface area contributed by atoms with Gasteiger partial charge in [-0.1, -0.05) is 6.42 Å². The van der Waals surface area contributed by atoms with Crippen LogP contribution >= 0.6 is 22.6 Å².